The molecular weight excluding hydrogens is 402 g/mol. The van der Waals surface area contributed by atoms with Crippen LogP contribution in [0.1, 0.15) is 6.92 Å². The highest BCUT2D eigenvalue weighted by molar-refractivity contribution is 9.10. The van der Waals surface area contributed by atoms with E-state index in [2.05, 4.69) is 26.2 Å². The van der Waals surface area contributed by atoms with Crippen LogP contribution < -0.4 is 10.9 Å². The Kier molecular flexibility index (Phi) is 5.55. The summed E-state index contributed by atoms with van der Waals surface area (Å²) in [6.45, 7) is 2.39. The second-order valence-corrected chi connectivity index (χ2v) is 7.17. The summed E-state index contributed by atoms with van der Waals surface area (Å²) >= 11 is 4.64. The number of hydrogen-bond acceptors (Lipinski definition) is 4. The van der Waals surface area contributed by atoms with Gasteiger partial charge in [0.05, 0.1) is 16.7 Å². The van der Waals surface area contributed by atoms with Crippen LogP contribution in [0.2, 0.25) is 0 Å². The fourth-order valence-electron chi connectivity index (χ4n) is 2.41. The molecule has 7 heteroatoms. The van der Waals surface area contributed by atoms with Gasteiger partial charge in [-0.2, -0.15) is 0 Å². The number of nitrogens with zero attached hydrogens (tertiary/aromatic N) is 2. The summed E-state index contributed by atoms with van der Waals surface area (Å²) in [7, 11) is 0. The number of benzene rings is 2. The molecule has 1 heterocycles. The number of amides is 1. The van der Waals surface area contributed by atoms with Crippen LogP contribution in [0, 0.1) is 0 Å². The van der Waals surface area contributed by atoms with Crippen molar-refractivity contribution >= 4 is 50.2 Å². The first kappa shape index (κ1) is 17.7. The zero-order valence-electron chi connectivity index (χ0n) is 13.5. The molecule has 0 radical (unpaired) electrons. The Morgan fingerprint density at radius 2 is 2.00 bits per heavy atom. The fourth-order valence-corrected chi connectivity index (χ4v) is 3.63. The molecule has 0 atom stereocenters. The lowest BCUT2D eigenvalue weighted by Gasteiger charge is -2.11. The molecule has 0 fully saturated rings. The normalized spacial score (nSPS) is 10.8. The molecule has 0 unspecified atom stereocenters. The number of anilines is 1. The summed E-state index contributed by atoms with van der Waals surface area (Å²) in [4.78, 5) is 29.3. The second-order valence-electron chi connectivity index (χ2n) is 5.31. The highest BCUT2D eigenvalue weighted by atomic mass is 79.9. The minimum absolute atomic E-state index is 0.0974. The van der Waals surface area contributed by atoms with Crippen molar-refractivity contribution in [2.75, 3.05) is 11.1 Å². The molecule has 25 heavy (non-hydrogen) atoms. The number of hydrogen-bond donors (Lipinski definition) is 1. The lowest BCUT2D eigenvalue weighted by atomic mass is 10.2. The van der Waals surface area contributed by atoms with Crippen molar-refractivity contribution in [1.82, 2.24) is 9.55 Å². The van der Waals surface area contributed by atoms with Crippen LogP contribution >= 0.6 is 27.7 Å². The van der Waals surface area contributed by atoms with Gasteiger partial charge in [-0.3, -0.25) is 14.2 Å². The standard InChI is InChI=1S/C18H16BrN3O2S/c1-2-22-17(24)14-10-12(19)8-9-15(14)21-18(22)25-11-16(23)20-13-6-4-3-5-7-13/h3-10H,2,11H2,1H3,(H,20,23). The van der Waals surface area contributed by atoms with Crippen LogP contribution in [0.25, 0.3) is 10.9 Å². The molecule has 128 valence electrons. The fraction of sp³-hybridized carbons (Fsp3) is 0.167. The van der Waals surface area contributed by atoms with Gasteiger partial charge in [0, 0.05) is 16.7 Å². The number of fused-ring (bicyclic) bond motifs is 1. The number of rotatable bonds is 5. The van der Waals surface area contributed by atoms with E-state index < -0.39 is 0 Å². The zero-order valence-corrected chi connectivity index (χ0v) is 15.9. The second kappa shape index (κ2) is 7.84. The lowest BCUT2D eigenvalue weighted by Crippen LogP contribution is -2.23. The Labute approximate surface area is 157 Å². The molecule has 3 aromatic rings. The van der Waals surface area contributed by atoms with Crippen LogP contribution in [-0.2, 0) is 11.3 Å². The monoisotopic (exact) mass is 417 g/mol. The van der Waals surface area contributed by atoms with Gasteiger partial charge in [0.2, 0.25) is 5.91 Å². The van der Waals surface area contributed by atoms with Crippen LogP contribution in [0.5, 0.6) is 0 Å². The number of carbonyl (C=O) groups is 1. The molecule has 5 nitrogen and oxygen atoms in total. The summed E-state index contributed by atoms with van der Waals surface area (Å²) < 4.78 is 2.43. The van der Waals surface area contributed by atoms with E-state index in [1.807, 2.05) is 43.3 Å². The van der Waals surface area contributed by atoms with Gasteiger partial charge >= 0.3 is 0 Å². The maximum absolute atomic E-state index is 12.7. The molecule has 1 amide bonds. The Morgan fingerprint density at radius 1 is 1.24 bits per heavy atom. The number of halogens is 1. The highest BCUT2D eigenvalue weighted by Gasteiger charge is 2.12. The molecule has 1 aromatic heterocycles. The summed E-state index contributed by atoms with van der Waals surface area (Å²) in [6, 6.07) is 14.7. The number of para-hydroxylation sites is 1. The van der Waals surface area contributed by atoms with E-state index in [-0.39, 0.29) is 17.2 Å². The Hall–Kier alpha value is -2.12. The molecule has 3 rings (SSSR count). The molecule has 0 saturated heterocycles. The summed E-state index contributed by atoms with van der Waals surface area (Å²) in [5.41, 5.74) is 1.28. The van der Waals surface area contributed by atoms with E-state index in [0.717, 1.165) is 10.2 Å². The van der Waals surface area contributed by atoms with Gasteiger partial charge in [-0.05, 0) is 37.3 Å². The molecule has 2 aromatic carbocycles. The van der Waals surface area contributed by atoms with Crippen molar-refractivity contribution in [1.29, 1.82) is 0 Å². The molecule has 0 bridgehead atoms. The molecule has 0 saturated carbocycles. The van der Waals surface area contributed by atoms with Crippen LogP contribution in [-0.4, -0.2) is 21.2 Å². The topological polar surface area (TPSA) is 64.0 Å². The molecule has 1 N–H and O–H groups in total. The number of nitrogens with one attached hydrogen (secondary N) is 1. The van der Waals surface area contributed by atoms with Crippen LogP contribution in [0.3, 0.4) is 0 Å². The van der Waals surface area contributed by atoms with E-state index >= 15 is 0 Å². The van der Waals surface area contributed by atoms with Crippen molar-refractivity contribution in [3.63, 3.8) is 0 Å². The van der Waals surface area contributed by atoms with E-state index in [1.54, 1.807) is 16.7 Å². The smallest absolute Gasteiger partial charge is 0.262 e. The third kappa shape index (κ3) is 4.11. The van der Waals surface area contributed by atoms with Crippen molar-refractivity contribution in [3.8, 4) is 0 Å². The number of aromatic nitrogens is 2. The first-order valence-corrected chi connectivity index (χ1v) is 9.54. The first-order valence-electron chi connectivity index (χ1n) is 7.76. The molecule has 0 aliphatic heterocycles. The van der Waals surface area contributed by atoms with Gasteiger partial charge in [0.25, 0.3) is 5.56 Å². The van der Waals surface area contributed by atoms with Crippen molar-refractivity contribution < 1.29 is 4.79 Å². The van der Waals surface area contributed by atoms with Gasteiger partial charge < -0.3 is 5.32 Å². The third-order valence-corrected chi connectivity index (χ3v) is 5.06. The van der Waals surface area contributed by atoms with E-state index in [4.69, 9.17) is 0 Å². The highest BCUT2D eigenvalue weighted by Crippen LogP contribution is 2.20. The molecule has 0 aliphatic carbocycles. The SMILES string of the molecule is CCn1c(SCC(=O)Nc2ccccc2)nc2ccc(Br)cc2c1=O. The molecule has 0 spiro atoms. The van der Waals surface area contributed by atoms with Gasteiger partial charge in [0.15, 0.2) is 5.16 Å². The van der Waals surface area contributed by atoms with E-state index in [9.17, 15) is 9.59 Å². The molecule has 0 aliphatic rings. The number of carbonyl (C=O) groups excluding carboxylic acids is 1. The summed E-state index contributed by atoms with van der Waals surface area (Å²) in [6.07, 6.45) is 0. The predicted molar refractivity (Wildman–Crippen MR) is 105 cm³/mol. The Balaban J connectivity index is 1.82. The van der Waals surface area contributed by atoms with Crippen molar-refractivity contribution in [3.05, 3.63) is 63.4 Å². The van der Waals surface area contributed by atoms with Crippen LogP contribution in [0.4, 0.5) is 5.69 Å². The predicted octanol–water partition coefficient (Wildman–Crippen LogP) is 3.91. The van der Waals surface area contributed by atoms with Crippen molar-refractivity contribution in [2.45, 2.75) is 18.6 Å². The van der Waals surface area contributed by atoms with Gasteiger partial charge in [0.1, 0.15) is 0 Å². The Morgan fingerprint density at radius 3 is 2.72 bits per heavy atom. The Bertz CT molecular complexity index is 973. The average Bonchev–Trinajstić information content (AvgIpc) is 2.61. The maximum Gasteiger partial charge on any atom is 0.262 e. The minimum atomic E-state index is -0.135. The first-order chi connectivity index (χ1) is 12.1. The van der Waals surface area contributed by atoms with Gasteiger partial charge in [-0.1, -0.05) is 45.9 Å². The summed E-state index contributed by atoms with van der Waals surface area (Å²) in [5.74, 6) is 0.0487. The largest absolute Gasteiger partial charge is 0.325 e. The average molecular weight is 418 g/mol. The molecular formula is C18H16BrN3O2S. The quantitative estimate of drug-likeness (QED) is 0.504. The lowest BCUT2D eigenvalue weighted by molar-refractivity contribution is -0.113. The van der Waals surface area contributed by atoms with Gasteiger partial charge in [-0.15, -0.1) is 0 Å². The van der Waals surface area contributed by atoms with Crippen LogP contribution in [0.15, 0.2) is 63.0 Å². The van der Waals surface area contributed by atoms with Crippen molar-refractivity contribution in [2.24, 2.45) is 0 Å². The maximum atomic E-state index is 12.7. The van der Waals surface area contributed by atoms with Gasteiger partial charge in [-0.25, -0.2) is 4.98 Å². The number of thioether (sulfide) groups is 1. The van der Waals surface area contributed by atoms with E-state index in [1.165, 1.54) is 11.8 Å². The zero-order chi connectivity index (χ0) is 17.8. The third-order valence-electron chi connectivity index (χ3n) is 3.59. The summed E-state index contributed by atoms with van der Waals surface area (Å²) in [5, 5.41) is 3.94. The minimum Gasteiger partial charge on any atom is -0.325 e. The van der Waals surface area contributed by atoms with E-state index in [0.29, 0.717) is 22.6 Å².